The highest BCUT2D eigenvalue weighted by atomic mass is 31.2. The van der Waals surface area contributed by atoms with Gasteiger partial charge in [0, 0.05) is 18.2 Å². The highest BCUT2D eigenvalue weighted by Crippen LogP contribution is 2.38. The molecule has 0 unspecified atom stereocenters. The van der Waals surface area contributed by atoms with Crippen LogP contribution in [0.2, 0.25) is 0 Å². The van der Waals surface area contributed by atoms with E-state index in [2.05, 4.69) is 14.8 Å². The largest absolute Gasteiger partial charge is 0.497 e. The fourth-order valence-electron chi connectivity index (χ4n) is 2.84. The lowest BCUT2D eigenvalue weighted by atomic mass is 10.2. The third-order valence-corrected chi connectivity index (χ3v) is 4.83. The number of ether oxygens (including phenoxy) is 2. The van der Waals surface area contributed by atoms with Crippen molar-refractivity contribution in [2.24, 2.45) is 0 Å². The molecule has 1 aromatic heterocycles. The summed E-state index contributed by atoms with van der Waals surface area (Å²) in [5.74, 6) is 0.150. The number of carbonyl (C=O) groups is 1. The Morgan fingerprint density at radius 2 is 2.03 bits per heavy atom. The third-order valence-electron chi connectivity index (χ3n) is 4.35. The standard InChI is InChI=1S/C17H20N3O9P/c1-27-11-4-2-10(3-5-11)16(22)18-14-6-7-20(17(23)19-14)15-8-12(21)13(29-15)9-28-30(24,25)26/h2-7,12-13,15,21H,8-9H2,1H3,(H2,24,25,26)(H,18,19,22,23)/t12-,13+,15+/m0/s1. The predicted octanol–water partition coefficient (Wildman–Crippen LogP) is 0.262. The van der Waals surface area contributed by atoms with E-state index in [-0.39, 0.29) is 12.2 Å². The van der Waals surface area contributed by atoms with Crippen LogP contribution >= 0.6 is 7.82 Å². The molecule has 2 heterocycles. The van der Waals surface area contributed by atoms with Crippen molar-refractivity contribution < 1.29 is 38.3 Å². The number of nitrogens with zero attached hydrogens (tertiary/aromatic N) is 2. The summed E-state index contributed by atoms with van der Waals surface area (Å²) in [7, 11) is -3.21. The molecule has 1 aliphatic heterocycles. The fraction of sp³-hybridized carbons (Fsp3) is 0.353. The second-order valence-electron chi connectivity index (χ2n) is 6.40. The van der Waals surface area contributed by atoms with E-state index in [9.17, 15) is 19.3 Å². The van der Waals surface area contributed by atoms with Crippen molar-refractivity contribution in [3.8, 4) is 5.75 Å². The van der Waals surface area contributed by atoms with E-state index in [1.807, 2.05) is 0 Å². The van der Waals surface area contributed by atoms with Gasteiger partial charge in [-0.1, -0.05) is 0 Å². The monoisotopic (exact) mass is 441 g/mol. The summed E-state index contributed by atoms with van der Waals surface area (Å²) in [5.41, 5.74) is -0.395. The summed E-state index contributed by atoms with van der Waals surface area (Å²) in [5, 5.41) is 12.5. The molecule has 0 spiro atoms. The van der Waals surface area contributed by atoms with Crippen LogP contribution in [0.25, 0.3) is 0 Å². The van der Waals surface area contributed by atoms with Crippen molar-refractivity contribution in [3.05, 3.63) is 52.6 Å². The van der Waals surface area contributed by atoms with Gasteiger partial charge in [-0.15, -0.1) is 0 Å². The van der Waals surface area contributed by atoms with Crippen molar-refractivity contribution in [2.45, 2.75) is 24.9 Å². The molecule has 1 aromatic carbocycles. The lowest BCUT2D eigenvalue weighted by Gasteiger charge is -2.16. The Balaban J connectivity index is 1.65. The van der Waals surface area contributed by atoms with Crippen LogP contribution < -0.4 is 15.7 Å². The van der Waals surface area contributed by atoms with Crippen LogP contribution in [0, 0.1) is 0 Å². The van der Waals surface area contributed by atoms with Crippen molar-refractivity contribution in [2.75, 3.05) is 19.0 Å². The zero-order chi connectivity index (χ0) is 21.9. The normalized spacial score (nSPS) is 21.4. The number of nitrogens with one attached hydrogen (secondary N) is 1. The number of hydrogen-bond donors (Lipinski definition) is 4. The van der Waals surface area contributed by atoms with Gasteiger partial charge in [0.1, 0.15) is 23.9 Å². The molecule has 1 fully saturated rings. The van der Waals surface area contributed by atoms with Crippen LogP contribution in [0.4, 0.5) is 5.82 Å². The second-order valence-corrected chi connectivity index (χ2v) is 7.64. The minimum atomic E-state index is -4.72. The van der Waals surface area contributed by atoms with Gasteiger partial charge in [0.05, 0.1) is 19.8 Å². The molecule has 30 heavy (non-hydrogen) atoms. The number of amides is 1. The van der Waals surface area contributed by atoms with Gasteiger partial charge < -0.3 is 29.7 Å². The van der Waals surface area contributed by atoms with E-state index in [1.54, 1.807) is 24.3 Å². The summed E-state index contributed by atoms with van der Waals surface area (Å²) in [6, 6.07) is 7.75. The van der Waals surface area contributed by atoms with Gasteiger partial charge >= 0.3 is 13.5 Å². The molecule has 4 N–H and O–H groups in total. The first-order valence-corrected chi connectivity index (χ1v) is 10.3. The van der Waals surface area contributed by atoms with Gasteiger partial charge in [-0.05, 0) is 30.3 Å². The predicted molar refractivity (Wildman–Crippen MR) is 102 cm³/mol. The maximum absolute atomic E-state index is 12.3. The van der Waals surface area contributed by atoms with E-state index in [4.69, 9.17) is 19.3 Å². The van der Waals surface area contributed by atoms with Crippen LogP contribution in [0.1, 0.15) is 23.0 Å². The molecule has 12 nitrogen and oxygen atoms in total. The minimum absolute atomic E-state index is 0.00563. The molecule has 1 amide bonds. The Kier molecular flexibility index (Phi) is 6.66. The second kappa shape index (κ2) is 9.04. The van der Waals surface area contributed by atoms with E-state index in [0.717, 1.165) is 4.57 Å². The number of phosphoric ester groups is 1. The Morgan fingerprint density at radius 1 is 1.33 bits per heavy atom. The third kappa shape index (κ3) is 5.51. The molecule has 0 radical (unpaired) electrons. The molecule has 0 aliphatic carbocycles. The molecule has 3 rings (SSSR count). The van der Waals surface area contributed by atoms with Crippen LogP contribution in [-0.4, -0.2) is 56.3 Å². The number of aliphatic hydroxyl groups excluding tert-OH is 1. The molecular weight excluding hydrogens is 421 g/mol. The number of phosphoric acid groups is 1. The SMILES string of the molecule is COc1ccc(C(=O)Nc2ccn([C@H]3C[C@H](O)[C@@H](COP(=O)(O)O)O3)c(=O)n2)cc1. The lowest BCUT2D eigenvalue weighted by molar-refractivity contribution is -0.0450. The van der Waals surface area contributed by atoms with Crippen molar-refractivity contribution in [3.63, 3.8) is 0 Å². The summed E-state index contributed by atoms with van der Waals surface area (Å²) < 4.78 is 26.7. The van der Waals surface area contributed by atoms with Gasteiger partial charge in [-0.2, -0.15) is 4.98 Å². The van der Waals surface area contributed by atoms with Crippen molar-refractivity contribution >= 4 is 19.5 Å². The molecule has 1 saturated heterocycles. The molecule has 0 saturated carbocycles. The van der Waals surface area contributed by atoms with Crippen LogP contribution in [0.3, 0.4) is 0 Å². The van der Waals surface area contributed by atoms with Crippen molar-refractivity contribution in [1.82, 2.24) is 9.55 Å². The van der Waals surface area contributed by atoms with E-state index in [1.165, 1.54) is 19.4 Å². The average Bonchev–Trinajstić information content (AvgIpc) is 3.06. The number of carbonyl (C=O) groups excluding carboxylic acids is 1. The number of methoxy groups -OCH3 is 1. The molecule has 2 aromatic rings. The van der Waals surface area contributed by atoms with Gasteiger partial charge in [-0.25, -0.2) is 9.36 Å². The highest BCUT2D eigenvalue weighted by molar-refractivity contribution is 7.46. The smallest absolute Gasteiger partial charge is 0.469 e. The molecule has 13 heteroatoms. The van der Waals surface area contributed by atoms with Crippen LogP contribution in [0.15, 0.2) is 41.3 Å². The molecule has 3 atom stereocenters. The first kappa shape index (κ1) is 22.1. The Labute approximate surface area is 170 Å². The lowest BCUT2D eigenvalue weighted by Crippen LogP contribution is -2.29. The zero-order valence-electron chi connectivity index (χ0n) is 15.7. The minimum Gasteiger partial charge on any atom is -0.497 e. The Bertz CT molecular complexity index is 1000. The number of anilines is 1. The number of aliphatic hydroxyl groups is 1. The Hall–Kier alpha value is -2.60. The quantitative estimate of drug-likeness (QED) is 0.437. The number of rotatable bonds is 7. The molecule has 0 bridgehead atoms. The number of aromatic nitrogens is 2. The number of hydrogen-bond acceptors (Lipinski definition) is 8. The van der Waals surface area contributed by atoms with Crippen LogP contribution in [0.5, 0.6) is 5.75 Å². The fourth-order valence-corrected chi connectivity index (χ4v) is 3.18. The van der Waals surface area contributed by atoms with E-state index in [0.29, 0.717) is 11.3 Å². The average molecular weight is 441 g/mol. The van der Waals surface area contributed by atoms with Gasteiger partial charge in [-0.3, -0.25) is 13.9 Å². The first-order valence-electron chi connectivity index (χ1n) is 8.74. The van der Waals surface area contributed by atoms with Crippen LogP contribution in [-0.2, 0) is 13.8 Å². The summed E-state index contributed by atoms with van der Waals surface area (Å²) in [6.45, 7) is -0.542. The molecule has 1 aliphatic rings. The number of benzene rings is 1. The Morgan fingerprint density at radius 3 is 2.63 bits per heavy atom. The topological polar surface area (TPSA) is 169 Å². The summed E-state index contributed by atoms with van der Waals surface area (Å²) in [6.07, 6.45) is -1.69. The molecular formula is C17H20N3O9P. The van der Waals surface area contributed by atoms with Crippen molar-refractivity contribution in [1.29, 1.82) is 0 Å². The van der Waals surface area contributed by atoms with Gasteiger partial charge in [0.15, 0.2) is 0 Å². The summed E-state index contributed by atoms with van der Waals surface area (Å²) in [4.78, 5) is 45.9. The zero-order valence-corrected chi connectivity index (χ0v) is 16.6. The maximum Gasteiger partial charge on any atom is 0.469 e. The van der Waals surface area contributed by atoms with E-state index < -0.39 is 44.5 Å². The molecule has 162 valence electrons. The maximum atomic E-state index is 12.3. The van der Waals surface area contributed by atoms with Gasteiger partial charge in [0.25, 0.3) is 5.91 Å². The van der Waals surface area contributed by atoms with E-state index >= 15 is 0 Å². The van der Waals surface area contributed by atoms with Gasteiger partial charge in [0.2, 0.25) is 0 Å². The highest BCUT2D eigenvalue weighted by Gasteiger charge is 2.37. The first-order chi connectivity index (χ1) is 14.2. The summed E-state index contributed by atoms with van der Waals surface area (Å²) >= 11 is 0.